The molecule has 0 atom stereocenters. The zero-order valence-electron chi connectivity index (χ0n) is 9.82. The first-order chi connectivity index (χ1) is 7.27. The van der Waals surface area contributed by atoms with Crippen molar-refractivity contribution in [2.24, 2.45) is 0 Å². The van der Waals surface area contributed by atoms with Crippen LogP contribution >= 0.6 is 24.4 Å². The summed E-state index contributed by atoms with van der Waals surface area (Å²) in [6, 6.07) is 6.42. The SMILES string of the molecule is Cc1cccc(C)c1NN1CCCCS1.Cl. The summed E-state index contributed by atoms with van der Waals surface area (Å²) in [6.45, 7) is 5.45. The van der Waals surface area contributed by atoms with Crippen molar-refractivity contribution >= 4 is 30.0 Å². The van der Waals surface area contributed by atoms with Gasteiger partial charge in [-0.15, -0.1) is 12.4 Å². The van der Waals surface area contributed by atoms with Gasteiger partial charge in [0, 0.05) is 12.3 Å². The molecule has 90 valence electrons. The largest absolute Gasteiger partial charge is 0.309 e. The Hall–Kier alpha value is -0.380. The van der Waals surface area contributed by atoms with Crippen LogP contribution in [0, 0.1) is 13.8 Å². The third-order valence-electron chi connectivity index (χ3n) is 2.72. The number of nitrogens with one attached hydrogen (secondary N) is 1. The zero-order chi connectivity index (χ0) is 10.7. The minimum atomic E-state index is 0. The number of hydrazine groups is 1. The van der Waals surface area contributed by atoms with Crippen molar-refractivity contribution in [3.05, 3.63) is 29.3 Å². The predicted molar refractivity (Wildman–Crippen MR) is 75.2 cm³/mol. The van der Waals surface area contributed by atoms with Gasteiger partial charge in [-0.3, -0.25) is 0 Å². The summed E-state index contributed by atoms with van der Waals surface area (Å²) in [5.74, 6) is 1.23. The highest BCUT2D eigenvalue weighted by molar-refractivity contribution is 7.97. The van der Waals surface area contributed by atoms with E-state index in [4.69, 9.17) is 0 Å². The molecule has 2 rings (SSSR count). The Balaban J connectivity index is 0.00000128. The Morgan fingerprint density at radius 3 is 2.44 bits per heavy atom. The molecule has 1 N–H and O–H groups in total. The van der Waals surface area contributed by atoms with E-state index in [2.05, 4.69) is 41.9 Å². The first kappa shape index (κ1) is 13.7. The van der Waals surface area contributed by atoms with Crippen LogP contribution in [0.25, 0.3) is 0 Å². The van der Waals surface area contributed by atoms with Crippen molar-refractivity contribution in [3.63, 3.8) is 0 Å². The number of halogens is 1. The van der Waals surface area contributed by atoms with Crippen molar-refractivity contribution in [2.45, 2.75) is 26.7 Å². The summed E-state index contributed by atoms with van der Waals surface area (Å²) in [5.41, 5.74) is 7.43. The number of nitrogens with zero attached hydrogens (tertiary/aromatic N) is 1. The van der Waals surface area contributed by atoms with Crippen LogP contribution in [0.2, 0.25) is 0 Å². The van der Waals surface area contributed by atoms with Crippen LogP contribution in [0.3, 0.4) is 0 Å². The Labute approximate surface area is 108 Å². The van der Waals surface area contributed by atoms with Gasteiger partial charge in [0.1, 0.15) is 0 Å². The van der Waals surface area contributed by atoms with Gasteiger partial charge in [-0.2, -0.15) is 4.41 Å². The summed E-state index contributed by atoms with van der Waals surface area (Å²) in [6.07, 6.45) is 2.64. The third kappa shape index (κ3) is 3.30. The van der Waals surface area contributed by atoms with Gasteiger partial charge < -0.3 is 5.43 Å². The molecule has 16 heavy (non-hydrogen) atoms. The Morgan fingerprint density at radius 2 is 1.88 bits per heavy atom. The zero-order valence-corrected chi connectivity index (χ0v) is 11.5. The van der Waals surface area contributed by atoms with Gasteiger partial charge in [0.25, 0.3) is 0 Å². The lowest BCUT2D eigenvalue weighted by Crippen LogP contribution is -2.28. The number of benzene rings is 1. The highest BCUT2D eigenvalue weighted by Crippen LogP contribution is 2.25. The van der Waals surface area contributed by atoms with Gasteiger partial charge in [-0.05, 0) is 37.8 Å². The second kappa shape index (κ2) is 6.38. The van der Waals surface area contributed by atoms with Crippen LogP contribution in [0.5, 0.6) is 0 Å². The average Bonchev–Trinajstić information content (AvgIpc) is 2.25. The van der Waals surface area contributed by atoms with E-state index >= 15 is 0 Å². The molecular formula is C12H19ClN2S. The minimum absolute atomic E-state index is 0. The predicted octanol–water partition coefficient (Wildman–Crippen LogP) is 3.80. The first-order valence-electron chi connectivity index (χ1n) is 5.51. The van der Waals surface area contributed by atoms with Gasteiger partial charge in [0.2, 0.25) is 0 Å². The molecular weight excluding hydrogens is 240 g/mol. The van der Waals surface area contributed by atoms with Crippen LogP contribution in [-0.2, 0) is 0 Å². The Morgan fingerprint density at radius 1 is 1.19 bits per heavy atom. The fourth-order valence-corrected chi connectivity index (χ4v) is 2.77. The number of para-hydroxylation sites is 1. The topological polar surface area (TPSA) is 15.3 Å². The second-order valence-corrected chi connectivity index (χ2v) is 5.13. The summed E-state index contributed by atoms with van der Waals surface area (Å²) >= 11 is 1.90. The van der Waals surface area contributed by atoms with Gasteiger partial charge in [0.15, 0.2) is 0 Å². The Kier molecular flexibility index (Phi) is 5.46. The van der Waals surface area contributed by atoms with E-state index in [1.807, 2.05) is 11.9 Å². The van der Waals surface area contributed by atoms with Gasteiger partial charge in [-0.25, -0.2) is 0 Å². The minimum Gasteiger partial charge on any atom is -0.309 e. The summed E-state index contributed by atoms with van der Waals surface area (Å²) in [5, 5.41) is 0. The highest BCUT2D eigenvalue weighted by atomic mass is 35.5. The molecule has 0 aromatic heterocycles. The molecule has 1 fully saturated rings. The van der Waals surface area contributed by atoms with Crippen LogP contribution in [0.4, 0.5) is 5.69 Å². The summed E-state index contributed by atoms with van der Waals surface area (Å²) in [4.78, 5) is 0. The molecule has 1 aliphatic rings. The Bertz CT molecular complexity index is 318. The maximum atomic E-state index is 3.51. The molecule has 1 aliphatic heterocycles. The van der Waals surface area contributed by atoms with Crippen LogP contribution in [0.15, 0.2) is 18.2 Å². The second-order valence-electron chi connectivity index (χ2n) is 4.02. The highest BCUT2D eigenvalue weighted by Gasteiger charge is 2.12. The molecule has 1 aromatic carbocycles. The molecule has 0 spiro atoms. The molecule has 0 amide bonds. The normalized spacial score (nSPS) is 16.6. The molecule has 1 aromatic rings. The monoisotopic (exact) mass is 258 g/mol. The summed E-state index contributed by atoms with van der Waals surface area (Å²) in [7, 11) is 0. The van der Waals surface area contributed by atoms with Crippen molar-refractivity contribution in [1.29, 1.82) is 0 Å². The molecule has 1 heterocycles. The van der Waals surface area contributed by atoms with Crippen LogP contribution < -0.4 is 5.43 Å². The van der Waals surface area contributed by atoms with Crippen molar-refractivity contribution in [1.82, 2.24) is 4.41 Å². The average molecular weight is 259 g/mol. The van der Waals surface area contributed by atoms with E-state index in [0.717, 1.165) is 6.54 Å². The van der Waals surface area contributed by atoms with E-state index in [0.29, 0.717) is 0 Å². The van der Waals surface area contributed by atoms with E-state index in [9.17, 15) is 0 Å². The molecule has 0 bridgehead atoms. The molecule has 0 aliphatic carbocycles. The van der Waals surface area contributed by atoms with Crippen LogP contribution in [-0.4, -0.2) is 16.7 Å². The quantitative estimate of drug-likeness (QED) is 0.813. The van der Waals surface area contributed by atoms with E-state index in [1.54, 1.807) is 0 Å². The molecule has 4 heteroatoms. The molecule has 1 saturated heterocycles. The van der Waals surface area contributed by atoms with Crippen LogP contribution in [0.1, 0.15) is 24.0 Å². The number of rotatable bonds is 2. The number of aryl methyl sites for hydroxylation is 2. The van der Waals surface area contributed by atoms with Crippen molar-refractivity contribution in [2.75, 3.05) is 17.7 Å². The standard InChI is InChI=1S/C12H18N2S.ClH/c1-10-6-5-7-11(2)12(10)13-14-8-3-4-9-15-14;/h5-7,13H,3-4,8-9H2,1-2H3;1H. The molecule has 0 unspecified atom stereocenters. The van der Waals surface area contributed by atoms with Crippen molar-refractivity contribution < 1.29 is 0 Å². The number of hydrogen-bond acceptors (Lipinski definition) is 3. The van der Waals surface area contributed by atoms with E-state index in [-0.39, 0.29) is 12.4 Å². The number of anilines is 1. The van der Waals surface area contributed by atoms with E-state index in [1.165, 1.54) is 35.4 Å². The maximum Gasteiger partial charge on any atom is 0.0557 e. The molecule has 2 nitrogen and oxygen atoms in total. The van der Waals surface area contributed by atoms with Gasteiger partial charge in [0.05, 0.1) is 5.69 Å². The maximum absolute atomic E-state index is 3.51. The lowest BCUT2D eigenvalue weighted by atomic mass is 10.1. The fraction of sp³-hybridized carbons (Fsp3) is 0.500. The third-order valence-corrected chi connectivity index (χ3v) is 3.78. The smallest absolute Gasteiger partial charge is 0.0557 e. The first-order valence-corrected chi connectivity index (χ1v) is 6.45. The molecule has 0 radical (unpaired) electrons. The van der Waals surface area contributed by atoms with Crippen molar-refractivity contribution in [3.8, 4) is 0 Å². The summed E-state index contributed by atoms with van der Waals surface area (Å²) < 4.78 is 2.26. The van der Waals surface area contributed by atoms with Gasteiger partial charge in [-0.1, -0.05) is 30.1 Å². The number of hydrogen-bond donors (Lipinski definition) is 1. The van der Waals surface area contributed by atoms with Gasteiger partial charge >= 0.3 is 0 Å². The fourth-order valence-electron chi connectivity index (χ4n) is 1.80. The lowest BCUT2D eigenvalue weighted by molar-refractivity contribution is 0.508. The lowest BCUT2D eigenvalue weighted by Gasteiger charge is -2.28. The van der Waals surface area contributed by atoms with E-state index < -0.39 is 0 Å². The molecule has 0 saturated carbocycles.